The number of furan rings is 1. The number of nitrogens with one attached hydrogen (secondary N) is 2. The molecule has 3 heterocycles. The van der Waals surface area contributed by atoms with Crippen molar-refractivity contribution in [1.82, 2.24) is 9.88 Å². The maximum atomic E-state index is 6.22. The number of aryl methyl sites for hydroxylation is 1. The van der Waals surface area contributed by atoms with Crippen molar-refractivity contribution in [2.75, 3.05) is 45.3 Å². The smallest absolute Gasteiger partial charge is 0.394 e. The van der Waals surface area contributed by atoms with E-state index >= 15 is 0 Å². The Morgan fingerprint density at radius 1 is 1.26 bits per heavy atom. The summed E-state index contributed by atoms with van der Waals surface area (Å²) < 4.78 is 18.0. The molecule has 3 aliphatic rings. The van der Waals surface area contributed by atoms with Crippen LogP contribution in [0.3, 0.4) is 0 Å². The van der Waals surface area contributed by atoms with Crippen molar-refractivity contribution in [1.29, 1.82) is 0 Å². The maximum Gasteiger partial charge on any atom is 0.394 e. The van der Waals surface area contributed by atoms with Gasteiger partial charge in [-0.15, -0.1) is 0 Å². The lowest BCUT2D eigenvalue weighted by Gasteiger charge is -2.18. The zero-order valence-electron chi connectivity index (χ0n) is 20.7. The summed E-state index contributed by atoms with van der Waals surface area (Å²) in [4.78, 5) is 10.3. The molecular formula is C28H35N4O3+. The number of rotatable bonds is 6. The Hall–Kier alpha value is -3.16. The minimum atomic E-state index is 0.185. The van der Waals surface area contributed by atoms with E-state index in [1.807, 2.05) is 12.3 Å². The predicted octanol–water partition coefficient (Wildman–Crippen LogP) is 4.54. The molecule has 0 radical (unpaired) electrons. The number of aromatic amines is 1. The quantitative estimate of drug-likeness (QED) is 0.619. The van der Waals surface area contributed by atoms with Crippen LogP contribution in [-0.4, -0.2) is 49.8 Å². The molecular weight excluding hydrogens is 440 g/mol. The van der Waals surface area contributed by atoms with Gasteiger partial charge in [-0.3, -0.25) is 0 Å². The van der Waals surface area contributed by atoms with Crippen LogP contribution in [0.4, 0.5) is 5.95 Å². The first kappa shape index (κ1) is 23.6. The number of H-pyrrole nitrogens is 1. The Balaban J connectivity index is 1.36. The summed E-state index contributed by atoms with van der Waals surface area (Å²) in [6, 6.07) is 4.06. The third-order valence-electron chi connectivity index (χ3n) is 6.56. The third-order valence-corrected chi connectivity index (χ3v) is 6.56. The number of nitrogens with zero attached hydrogens (tertiary/aromatic N) is 2. The molecule has 35 heavy (non-hydrogen) atoms. The van der Waals surface area contributed by atoms with Crippen molar-refractivity contribution in [3.05, 3.63) is 77.3 Å². The van der Waals surface area contributed by atoms with Gasteiger partial charge in [-0.1, -0.05) is 24.1 Å². The maximum absolute atomic E-state index is 6.22. The predicted molar refractivity (Wildman–Crippen MR) is 135 cm³/mol. The van der Waals surface area contributed by atoms with Crippen LogP contribution >= 0.6 is 0 Å². The molecule has 5 rings (SSSR count). The summed E-state index contributed by atoms with van der Waals surface area (Å²) in [6.07, 6.45) is 16.3. The van der Waals surface area contributed by atoms with Crippen LogP contribution in [0.15, 0.2) is 75.9 Å². The highest BCUT2D eigenvalue weighted by Crippen LogP contribution is 2.51. The number of hydrogen-bond acceptors (Lipinski definition) is 6. The number of hydrogen-bond donors (Lipinski definition) is 1. The van der Waals surface area contributed by atoms with Gasteiger partial charge in [0.15, 0.2) is 5.69 Å². The molecule has 184 valence electrons. The Morgan fingerprint density at radius 3 is 3.11 bits per heavy atom. The van der Waals surface area contributed by atoms with Crippen molar-refractivity contribution in [3.8, 4) is 11.3 Å². The van der Waals surface area contributed by atoms with Gasteiger partial charge < -0.3 is 18.8 Å². The second-order valence-electron chi connectivity index (χ2n) is 9.30. The minimum Gasteiger partial charge on any atom is -0.496 e. The summed E-state index contributed by atoms with van der Waals surface area (Å²) >= 11 is 0. The molecule has 0 spiro atoms. The highest BCUT2D eigenvalue weighted by atomic mass is 16.5. The normalized spacial score (nSPS) is 20.7. The van der Waals surface area contributed by atoms with E-state index < -0.39 is 0 Å². The van der Waals surface area contributed by atoms with Gasteiger partial charge in [0.25, 0.3) is 0 Å². The fourth-order valence-corrected chi connectivity index (χ4v) is 4.68. The Kier molecular flexibility index (Phi) is 7.45. The van der Waals surface area contributed by atoms with Gasteiger partial charge in [-0.05, 0) is 56.6 Å². The summed E-state index contributed by atoms with van der Waals surface area (Å²) in [7, 11) is 2.14. The zero-order valence-corrected chi connectivity index (χ0v) is 20.7. The first-order chi connectivity index (χ1) is 17.2. The zero-order chi connectivity index (χ0) is 24.0. The lowest BCUT2D eigenvalue weighted by molar-refractivity contribution is -0.364. The van der Waals surface area contributed by atoms with Gasteiger partial charge >= 0.3 is 5.95 Å². The molecule has 2 aromatic rings. The van der Waals surface area contributed by atoms with E-state index in [1.165, 1.54) is 11.1 Å². The summed E-state index contributed by atoms with van der Waals surface area (Å²) in [5, 5.41) is 3.49. The lowest BCUT2D eigenvalue weighted by atomic mass is 10.1. The second kappa shape index (κ2) is 11.1. The first-order valence-corrected chi connectivity index (χ1v) is 12.7. The van der Waals surface area contributed by atoms with Crippen LogP contribution in [0.5, 0.6) is 0 Å². The molecule has 0 amide bonds. The minimum absolute atomic E-state index is 0.185. The van der Waals surface area contributed by atoms with Gasteiger partial charge in [-0.2, -0.15) is 0 Å². The van der Waals surface area contributed by atoms with Gasteiger partial charge in [0, 0.05) is 24.6 Å². The van der Waals surface area contributed by atoms with Gasteiger partial charge in [0.1, 0.15) is 30.1 Å². The number of allylic oxidation sites excluding steroid dienone is 5. The average Bonchev–Trinajstić information content (AvgIpc) is 3.39. The van der Waals surface area contributed by atoms with Crippen LogP contribution in [0.2, 0.25) is 0 Å². The number of anilines is 1. The lowest BCUT2D eigenvalue weighted by Crippen LogP contribution is -2.24. The van der Waals surface area contributed by atoms with E-state index in [2.05, 4.69) is 59.5 Å². The van der Waals surface area contributed by atoms with Crippen molar-refractivity contribution >= 4 is 5.95 Å². The number of aromatic nitrogens is 2. The molecule has 0 saturated carbocycles. The molecule has 0 unspecified atom stereocenters. The first-order valence-electron chi connectivity index (χ1n) is 12.7. The van der Waals surface area contributed by atoms with Gasteiger partial charge in [0.05, 0.1) is 30.9 Å². The monoisotopic (exact) mass is 475 g/mol. The van der Waals surface area contributed by atoms with E-state index in [-0.39, 0.29) is 5.92 Å². The Morgan fingerprint density at radius 2 is 2.20 bits per heavy atom. The summed E-state index contributed by atoms with van der Waals surface area (Å²) in [6.45, 7) is 6.09. The second-order valence-corrected chi connectivity index (χ2v) is 9.30. The van der Waals surface area contributed by atoms with Crippen molar-refractivity contribution < 1.29 is 18.9 Å². The number of likely N-dealkylation sites (N-methyl/N-ethyl adjacent to an activating group) is 1. The van der Waals surface area contributed by atoms with E-state index in [9.17, 15) is 0 Å². The van der Waals surface area contributed by atoms with Crippen molar-refractivity contribution in [2.45, 2.75) is 32.6 Å². The molecule has 7 heteroatoms. The van der Waals surface area contributed by atoms with E-state index in [0.29, 0.717) is 25.8 Å². The van der Waals surface area contributed by atoms with Crippen LogP contribution in [-0.2, 0) is 15.9 Å². The Bertz CT molecular complexity index is 1160. The Labute approximate surface area is 207 Å². The standard InChI is InChI=1S/C28H34N4O3/c1-3-13-32(2)14-16-34-25-10-9-24-26-22(27(25)26)19-33-15-7-5-4-6-8-21-17-20(18-35-21)23-11-12-29-28(30-23)31-24/h5,7,9-12,17-18,27H,3-4,6,8,13-16,19H2,1-2H3,(H,29,30,31)/p+1/b7-5+/t27-/m1/s1. The number of ether oxygens (including phenoxy) is 2. The largest absolute Gasteiger partial charge is 0.496 e. The molecule has 2 aliphatic carbocycles. The van der Waals surface area contributed by atoms with Crippen LogP contribution in [0.1, 0.15) is 31.9 Å². The molecule has 0 saturated heterocycles. The van der Waals surface area contributed by atoms with Crippen molar-refractivity contribution in [2.24, 2.45) is 5.92 Å². The van der Waals surface area contributed by atoms with Crippen molar-refractivity contribution in [3.63, 3.8) is 0 Å². The molecule has 2 N–H and O–H groups in total. The van der Waals surface area contributed by atoms with Crippen LogP contribution in [0, 0.1) is 5.92 Å². The summed E-state index contributed by atoms with van der Waals surface area (Å²) in [5.74, 6) is 2.87. The highest BCUT2D eigenvalue weighted by Gasteiger charge is 2.45. The molecule has 0 aromatic carbocycles. The van der Waals surface area contributed by atoms with Crippen LogP contribution in [0.25, 0.3) is 11.3 Å². The molecule has 0 fully saturated rings. The van der Waals surface area contributed by atoms with E-state index in [0.717, 1.165) is 67.2 Å². The molecule has 4 bridgehead atoms. The highest BCUT2D eigenvalue weighted by molar-refractivity contribution is 5.67. The fraction of sp³-hybridized carbons (Fsp3) is 0.429. The fourth-order valence-electron chi connectivity index (χ4n) is 4.68. The SMILES string of the molecule is CCCN(C)CCOC1=CC=C2Nc3nc(cc[nH+]3)-c3coc(c3)CCC/C=C/COCC3=C2[C@@H]13. The molecule has 7 nitrogen and oxygen atoms in total. The molecule has 1 atom stereocenters. The summed E-state index contributed by atoms with van der Waals surface area (Å²) in [5.41, 5.74) is 5.43. The number of fused-ring (bicyclic) bond motifs is 6. The van der Waals surface area contributed by atoms with E-state index in [1.54, 1.807) is 6.26 Å². The topological polar surface area (TPSA) is 73.9 Å². The molecule has 2 aromatic heterocycles. The van der Waals surface area contributed by atoms with Gasteiger partial charge in [0.2, 0.25) is 0 Å². The van der Waals surface area contributed by atoms with E-state index in [4.69, 9.17) is 18.9 Å². The average molecular weight is 476 g/mol. The third kappa shape index (κ3) is 5.74. The van der Waals surface area contributed by atoms with Crippen LogP contribution < -0.4 is 10.3 Å². The molecule has 1 aliphatic heterocycles. The van der Waals surface area contributed by atoms with Gasteiger partial charge in [-0.25, -0.2) is 10.3 Å².